The normalized spacial score (nSPS) is 13.9. The van der Waals surface area contributed by atoms with E-state index in [-0.39, 0.29) is 16.7 Å². The first-order valence-corrected chi connectivity index (χ1v) is 12.7. The van der Waals surface area contributed by atoms with Crippen molar-refractivity contribution in [1.29, 1.82) is 0 Å². The largest absolute Gasteiger partial charge is 0.371 e. The number of anilines is 3. The Bertz CT molecular complexity index is 1110. The van der Waals surface area contributed by atoms with Crippen LogP contribution in [0.1, 0.15) is 44.0 Å². The van der Waals surface area contributed by atoms with Crippen molar-refractivity contribution >= 4 is 38.9 Å². The van der Waals surface area contributed by atoms with Gasteiger partial charge in [-0.25, -0.2) is 8.42 Å². The van der Waals surface area contributed by atoms with E-state index in [2.05, 4.69) is 10.2 Å². The minimum Gasteiger partial charge on any atom is -0.371 e. The van der Waals surface area contributed by atoms with Crippen LogP contribution < -0.4 is 15.1 Å². The predicted octanol–water partition coefficient (Wildman–Crippen LogP) is 3.55. The zero-order valence-corrected chi connectivity index (χ0v) is 20.5. The Balaban J connectivity index is 1.95. The first-order valence-electron chi connectivity index (χ1n) is 11.2. The Morgan fingerprint density at radius 2 is 1.61 bits per heavy atom. The Hall–Kier alpha value is -2.91. The molecule has 0 saturated carbocycles. The number of rotatable bonds is 8. The van der Waals surface area contributed by atoms with E-state index >= 15 is 0 Å². The van der Waals surface area contributed by atoms with Crippen LogP contribution >= 0.6 is 0 Å². The number of carbonyl (C=O) groups excluding carboxylic acids is 2. The molecule has 178 valence electrons. The number of hydrogen-bond acceptors (Lipinski definition) is 5. The molecule has 0 atom stereocenters. The lowest BCUT2D eigenvalue weighted by Crippen LogP contribution is -2.31. The van der Waals surface area contributed by atoms with Crippen LogP contribution in [0, 0.1) is 0 Å². The van der Waals surface area contributed by atoms with Crippen molar-refractivity contribution in [2.24, 2.45) is 0 Å². The third-order valence-corrected chi connectivity index (χ3v) is 8.03. The summed E-state index contributed by atoms with van der Waals surface area (Å²) in [6.45, 7) is 7.43. The molecule has 0 spiro atoms. The molecule has 1 aliphatic heterocycles. The van der Waals surface area contributed by atoms with Gasteiger partial charge in [0.25, 0.3) is 5.91 Å². The average molecular weight is 473 g/mol. The van der Waals surface area contributed by atoms with E-state index in [0.717, 1.165) is 31.6 Å². The molecule has 2 amide bonds. The number of carbonyl (C=O) groups is 2. The van der Waals surface area contributed by atoms with Crippen molar-refractivity contribution in [3.05, 3.63) is 48.0 Å². The zero-order valence-electron chi connectivity index (χ0n) is 19.7. The van der Waals surface area contributed by atoms with Crippen LogP contribution in [-0.4, -0.2) is 57.8 Å². The van der Waals surface area contributed by atoms with Gasteiger partial charge in [-0.15, -0.1) is 0 Å². The molecule has 33 heavy (non-hydrogen) atoms. The highest BCUT2D eigenvalue weighted by atomic mass is 32.2. The van der Waals surface area contributed by atoms with Gasteiger partial charge < -0.3 is 15.1 Å². The molecule has 3 rings (SSSR count). The lowest BCUT2D eigenvalue weighted by Gasteiger charge is -2.23. The minimum atomic E-state index is -3.70. The van der Waals surface area contributed by atoms with E-state index in [1.807, 2.05) is 0 Å². The molecule has 1 fully saturated rings. The third kappa shape index (κ3) is 5.36. The van der Waals surface area contributed by atoms with Gasteiger partial charge in [0.15, 0.2) is 0 Å². The molecule has 1 aliphatic rings. The summed E-state index contributed by atoms with van der Waals surface area (Å²) in [4.78, 5) is 28.6. The fourth-order valence-corrected chi connectivity index (χ4v) is 5.44. The van der Waals surface area contributed by atoms with Crippen molar-refractivity contribution in [2.45, 2.75) is 38.5 Å². The molecule has 0 aromatic heterocycles. The summed E-state index contributed by atoms with van der Waals surface area (Å²) in [7, 11) is -2.02. The van der Waals surface area contributed by atoms with Crippen LogP contribution in [0.5, 0.6) is 0 Å². The second kappa shape index (κ2) is 10.4. The standard InChI is InChI=1S/C24H32N4O4S/c1-5-28(6-2)33(31,32)21-13-14-23(27-15-7-8-16-27)22(17-21)24(30)25-19-9-11-20(12-10-19)26(4)18(3)29/h9-14,17H,5-8,15-16H2,1-4H3,(H,25,30). The van der Waals surface area contributed by atoms with E-state index in [4.69, 9.17) is 0 Å². The highest BCUT2D eigenvalue weighted by Gasteiger charge is 2.26. The topological polar surface area (TPSA) is 90.0 Å². The molecule has 1 N–H and O–H groups in total. The van der Waals surface area contributed by atoms with Gasteiger partial charge in [0.2, 0.25) is 15.9 Å². The second-order valence-corrected chi connectivity index (χ2v) is 9.98. The van der Waals surface area contributed by atoms with Crippen LogP contribution in [0.25, 0.3) is 0 Å². The summed E-state index contributed by atoms with van der Waals surface area (Å²) in [5, 5.41) is 2.88. The third-order valence-electron chi connectivity index (χ3n) is 5.99. The van der Waals surface area contributed by atoms with Gasteiger partial charge in [-0.2, -0.15) is 4.31 Å². The SMILES string of the molecule is CCN(CC)S(=O)(=O)c1ccc(N2CCCC2)c(C(=O)Nc2ccc(N(C)C(C)=O)cc2)c1. The fourth-order valence-electron chi connectivity index (χ4n) is 3.95. The Labute approximate surface area is 196 Å². The smallest absolute Gasteiger partial charge is 0.257 e. The molecular weight excluding hydrogens is 440 g/mol. The zero-order chi connectivity index (χ0) is 24.2. The highest BCUT2D eigenvalue weighted by molar-refractivity contribution is 7.89. The molecule has 0 unspecified atom stereocenters. The molecule has 8 nitrogen and oxygen atoms in total. The molecule has 1 heterocycles. The van der Waals surface area contributed by atoms with E-state index in [1.165, 1.54) is 22.2 Å². The van der Waals surface area contributed by atoms with Gasteiger partial charge in [0.1, 0.15) is 0 Å². The molecule has 1 saturated heterocycles. The van der Waals surface area contributed by atoms with Crippen molar-refractivity contribution < 1.29 is 18.0 Å². The van der Waals surface area contributed by atoms with E-state index in [1.54, 1.807) is 57.3 Å². The Morgan fingerprint density at radius 3 is 2.15 bits per heavy atom. The number of benzene rings is 2. The molecular formula is C24H32N4O4S. The molecule has 0 bridgehead atoms. The van der Waals surface area contributed by atoms with Gasteiger partial charge in [0.05, 0.1) is 10.5 Å². The summed E-state index contributed by atoms with van der Waals surface area (Å²) in [6, 6.07) is 11.7. The number of nitrogens with zero attached hydrogens (tertiary/aromatic N) is 3. The Morgan fingerprint density at radius 1 is 1.00 bits per heavy atom. The monoisotopic (exact) mass is 472 g/mol. The molecule has 2 aromatic carbocycles. The van der Waals surface area contributed by atoms with Crippen LogP contribution in [-0.2, 0) is 14.8 Å². The van der Waals surface area contributed by atoms with Crippen molar-refractivity contribution in [2.75, 3.05) is 48.3 Å². The second-order valence-electron chi connectivity index (χ2n) is 8.04. The lowest BCUT2D eigenvalue weighted by atomic mass is 10.1. The Kier molecular flexibility index (Phi) is 7.76. The van der Waals surface area contributed by atoms with Crippen LogP contribution in [0.3, 0.4) is 0 Å². The van der Waals surface area contributed by atoms with Crippen molar-refractivity contribution in [3.63, 3.8) is 0 Å². The van der Waals surface area contributed by atoms with Gasteiger partial charge in [-0.3, -0.25) is 9.59 Å². The maximum absolute atomic E-state index is 13.3. The maximum Gasteiger partial charge on any atom is 0.257 e. The fraction of sp³-hybridized carbons (Fsp3) is 0.417. The summed E-state index contributed by atoms with van der Waals surface area (Å²) < 4.78 is 27.5. The number of hydrogen-bond donors (Lipinski definition) is 1. The van der Waals surface area contributed by atoms with E-state index in [9.17, 15) is 18.0 Å². The highest BCUT2D eigenvalue weighted by Crippen LogP contribution is 2.29. The van der Waals surface area contributed by atoms with Crippen molar-refractivity contribution in [3.8, 4) is 0 Å². The van der Waals surface area contributed by atoms with E-state index in [0.29, 0.717) is 30.0 Å². The summed E-state index contributed by atoms with van der Waals surface area (Å²) in [5.41, 5.74) is 2.34. The molecule has 0 aliphatic carbocycles. The average Bonchev–Trinajstić information content (AvgIpc) is 3.34. The summed E-state index contributed by atoms with van der Waals surface area (Å²) >= 11 is 0. The van der Waals surface area contributed by atoms with Crippen LogP contribution in [0.15, 0.2) is 47.4 Å². The predicted molar refractivity (Wildman–Crippen MR) is 131 cm³/mol. The van der Waals surface area contributed by atoms with Crippen LogP contribution in [0.4, 0.5) is 17.1 Å². The van der Waals surface area contributed by atoms with E-state index < -0.39 is 10.0 Å². The van der Waals surface area contributed by atoms with Crippen molar-refractivity contribution in [1.82, 2.24) is 4.31 Å². The van der Waals surface area contributed by atoms with Crippen LogP contribution in [0.2, 0.25) is 0 Å². The van der Waals surface area contributed by atoms with Gasteiger partial charge in [-0.1, -0.05) is 13.8 Å². The molecule has 9 heteroatoms. The lowest BCUT2D eigenvalue weighted by molar-refractivity contribution is -0.116. The summed E-state index contributed by atoms with van der Waals surface area (Å²) in [5.74, 6) is -0.463. The number of sulfonamides is 1. The number of amides is 2. The first kappa shape index (κ1) is 24.7. The maximum atomic E-state index is 13.3. The first-order chi connectivity index (χ1) is 15.7. The molecule has 2 aromatic rings. The number of nitrogens with one attached hydrogen (secondary N) is 1. The molecule has 0 radical (unpaired) electrons. The summed E-state index contributed by atoms with van der Waals surface area (Å²) in [6.07, 6.45) is 2.07. The van der Waals surface area contributed by atoms with Gasteiger partial charge in [0, 0.05) is 57.2 Å². The van der Waals surface area contributed by atoms with Gasteiger partial charge >= 0.3 is 0 Å². The minimum absolute atomic E-state index is 0.0896. The van der Waals surface area contributed by atoms with Gasteiger partial charge in [-0.05, 0) is 55.3 Å². The quantitative estimate of drug-likeness (QED) is 0.635.